The number of nitrogens with zero attached hydrogens (tertiary/aromatic N) is 1. The average molecular weight is 247 g/mol. The van der Waals surface area contributed by atoms with Gasteiger partial charge in [0.1, 0.15) is 0 Å². The van der Waals surface area contributed by atoms with Crippen LogP contribution < -0.4 is 11.5 Å². The lowest BCUT2D eigenvalue weighted by Gasteiger charge is -2.24. The van der Waals surface area contributed by atoms with Crippen LogP contribution in [0.15, 0.2) is 18.2 Å². The van der Waals surface area contributed by atoms with Crippen LogP contribution >= 0.6 is 11.3 Å². The highest BCUT2D eigenvalue weighted by atomic mass is 32.1. The summed E-state index contributed by atoms with van der Waals surface area (Å²) < 4.78 is 1.24. The van der Waals surface area contributed by atoms with Crippen LogP contribution in [0.4, 0.5) is 5.69 Å². The maximum Gasteiger partial charge on any atom is 0.0969 e. The van der Waals surface area contributed by atoms with E-state index >= 15 is 0 Å². The Kier molecular flexibility index (Phi) is 2.76. The number of anilines is 1. The van der Waals surface area contributed by atoms with Gasteiger partial charge in [-0.25, -0.2) is 4.98 Å². The molecule has 1 saturated carbocycles. The summed E-state index contributed by atoms with van der Waals surface area (Å²) >= 11 is 1.81. The van der Waals surface area contributed by atoms with Gasteiger partial charge in [0.15, 0.2) is 0 Å². The molecule has 2 aromatic rings. The van der Waals surface area contributed by atoms with Crippen molar-refractivity contribution in [1.82, 2.24) is 4.98 Å². The molecule has 3 nitrogen and oxygen atoms in total. The number of benzene rings is 1. The fourth-order valence-corrected chi connectivity index (χ4v) is 3.62. The van der Waals surface area contributed by atoms with Crippen LogP contribution in [-0.2, 0) is 0 Å². The lowest BCUT2D eigenvalue weighted by atomic mass is 9.87. The summed E-state index contributed by atoms with van der Waals surface area (Å²) in [4.78, 5) is 4.72. The third-order valence-electron chi connectivity index (χ3n) is 3.55. The Bertz CT molecular complexity index is 526. The van der Waals surface area contributed by atoms with Gasteiger partial charge in [-0.1, -0.05) is 0 Å². The number of thiazole rings is 1. The minimum atomic E-state index is 0.399. The number of nitrogen functional groups attached to an aromatic ring is 1. The lowest BCUT2D eigenvalue weighted by molar-refractivity contribution is 0.395. The van der Waals surface area contributed by atoms with Crippen molar-refractivity contribution in [2.24, 2.45) is 5.73 Å². The highest BCUT2D eigenvalue weighted by Crippen LogP contribution is 2.36. The van der Waals surface area contributed by atoms with Gasteiger partial charge in [-0.15, -0.1) is 11.3 Å². The largest absolute Gasteiger partial charge is 0.399 e. The molecule has 4 heteroatoms. The summed E-state index contributed by atoms with van der Waals surface area (Å²) in [5.74, 6) is 0.605. The zero-order valence-electron chi connectivity index (χ0n) is 9.73. The molecule has 4 N–H and O–H groups in total. The van der Waals surface area contributed by atoms with Crippen molar-refractivity contribution in [2.75, 3.05) is 5.73 Å². The third kappa shape index (κ3) is 2.15. The first-order valence-corrected chi connectivity index (χ1v) is 6.95. The van der Waals surface area contributed by atoms with Crippen molar-refractivity contribution >= 4 is 27.2 Å². The van der Waals surface area contributed by atoms with Crippen molar-refractivity contribution in [2.45, 2.75) is 37.6 Å². The maximum atomic E-state index is 5.94. The number of hydrogen-bond acceptors (Lipinski definition) is 4. The quantitative estimate of drug-likeness (QED) is 0.762. The third-order valence-corrected chi connectivity index (χ3v) is 4.75. The molecule has 0 atom stereocenters. The second-order valence-corrected chi connectivity index (χ2v) is 5.95. The van der Waals surface area contributed by atoms with Crippen molar-refractivity contribution < 1.29 is 0 Å². The number of aromatic nitrogens is 1. The predicted octanol–water partition coefficient (Wildman–Crippen LogP) is 2.86. The van der Waals surface area contributed by atoms with E-state index in [0.29, 0.717) is 12.0 Å². The summed E-state index contributed by atoms with van der Waals surface area (Å²) in [6.07, 6.45) is 4.61. The Morgan fingerprint density at radius 3 is 2.71 bits per heavy atom. The van der Waals surface area contributed by atoms with Gasteiger partial charge in [-0.3, -0.25) is 0 Å². The molecule has 1 heterocycles. The summed E-state index contributed by atoms with van der Waals surface area (Å²) in [6, 6.07) is 6.38. The molecule has 0 aliphatic heterocycles. The van der Waals surface area contributed by atoms with Gasteiger partial charge in [0.05, 0.1) is 15.2 Å². The molecule has 0 amide bonds. The standard InChI is InChI=1S/C13H17N3S/c14-9-3-1-8(2-4-9)13-16-11-7-10(15)5-6-12(11)17-13/h5-9H,1-4,14-15H2. The molecule has 0 bridgehead atoms. The Morgan fingerprint density at radius 1 is 1.18 bits per heavy atom. The number of nitrogens with two attached hydrogens (primary N) is 2. The van der Waals surface area contributed by atoms with Gasteiger partial charge in [0.25, 0.3) is 0 Å². The second-order valence-electron chi connectivity index (χ2n) is 4.89. The highest BCUT2D eigenvalue weighted by molar-refractivity contribution is 7.18. The molecule has 1 aromatic carbocycles. The normalized spacial score (nSPS) is 25.2. The molecule has 0 saturated heterocycles. The number of hydrogen-bond donors (Lipinski definition) is 2. The first kappa shape index (κ1) is 11.0. The molecule has 0 radical (unpaired) electrons. The van der Waals surface area contributed by atoms with Crippen molar-refractivity contribution in [1.29, 1.82) is 0 Å². The zero-order chi connectivity index (χ0) is 11.8. The van der Waals surface area contributed by atoms with Crippen LogP contribution in [0.2, 0.25) is 0 Å². The summed E-state index contributed by atoms with van der Waals surface area (Å²) in [5, 5.41) is 1.26. The molecule has 3 rings (SSSR count). The van der Waals surface area contributed by atoms with Gasteiger partial charge in [-0.2, -0.15) is 0 Å². The SMILES string of the molecule is Nc1ccc2sc(C3CCC(N)CC3)nc2c1. The summed E-state index contributed by atoms with van der Waals surface area (Å²) in [6.45, 7) is 0. The van der Waals surface area contributed by atoms with Crippen LogP contribution in [0.1, 0.15) is 36.6 Å². The molecule has 1 aliphatic rings. The van der Waals surface area contributed by atoms with E-state index in [0.717, 1.165) is 24.0 Å². The fourth-order valence-electron chi connectivity index (χ4n) is 2.50. The van der Waals surface area contributed by atoms with E-state index < -0.39 is 0 Å². The zero-order valence-corrected chi connectivity index (χ0v) is 10.5. The van der Waals surface area contributed by atoms with Gasteiger partial charge >= 0.3 is 0 Å². The van der Waals surface area contributed by atoms with E-state index in [2.05, 4.69) is 6.07 Å². The molecule has 0 spiro atoms. The van der Waals surface area contributed by atoms with Gasteiger partial charge in [-0.05, 0) is 43.9 Å². The molecule has 1 aliphatic carbocycles. The summed E-state index contributed by atoms with van der Waals surface area (Å²) in [5.41, 5.74) is 13.5. The fraction of sp³-hybridized carbons (Fsp3) is 0.462. The topological polar surface area (TPSA) is 64.9 Å². The molecular weight excluding hydrogens is 230 g/mol. The van der Waals surface area contributed by atoms with Gasteiger partial charge in [0.2, 0.25) is 0 Å². The Balaban J connectivity index is 1.90. The van der Waals surface area contributed by atoms with E-state index in [4.69, 9.17) is 16.5 Å². The molecule has 90 valence electrons. The van der Waals surface area contributed by atoms with Crippen LogP contribution in [-0.4, -0.2) is 11.0 Å². The predicted molar refractivity (Wildman–Crippen MR) is 73.2 cm³/mol. The Hall–Kier alpha value is -1.13. The van der Waals surface area contributed by atoms with E-state index in [1.54, 1.807) is 11.3 Å². The van der Waals surface area contributed by atoms with E-state index in [1.807, 2.05) is 12.1 Å². The minimum absolute atomic E-state index is 0.399. The van der Waals surface area contributed by atoms with Crippen LogP contribution in [0.5, 0.6) is 0 Å². The van der Waals surface area contributed by atoms with E-state index in [1.165, 1.54) is 22.5 Å². The maximum absolute atomic E-state index is 5.94. The monoisotopic (exact) mass is 247 g/mol. The smallest absolute Gasteiger partial charge is 0.0969 e. The molecule has 1 fully saturated rings. The van der Waals surface area contributed by atoms with Crippen molar-refractivity contribution in [3.05, 3.63) is 23.2 Å². The first-order valence-electron chi connectivity index (χ1n) is 6.14. The molecule has 1 aromatic heterocycles. The summed E-state index contributed by atoms with van der Waals surface area (Å²) in [7, 11) is 0. The Labute approximate surface area is 105 Å². The van der Waals surface area contributed by atoms with Crippen molar-refractivity contribution in [3.8, 4) is 0 Å². The number of rotatable bonds is 1. The van der Waals surface area contributed by atoms with Crippen LogP contribution in [0, 0.1) is 0 Å². The average Bonchev–Trinajstić information content (AvgIpc) is 2.72. The van der Waals surface area contributed by atoms with Crippen LogP contribution in [0.25, 0.3) is 10.2 Å². The number of fused-ring (bicyclic) bond motifs is 1. The van der Waals surface area contributed by atoms with E-state index in [-0.39, 0.29) is 0 Å². The minimum Gasteiger partial charge on any atom is -0.399 e. The molecule has 0 unspecified atom stereocenters. The van der Waals surface area contributed by atoms with E-state index in [9.17, 15) is 0 Å². The highest BCUT2D eigenvalue weighted by Gasteiger charge is 2.22. The molecule has 17 heavy (non-hydrogen) atoms. The van der Waals surface area contributed by atoms with Crippen molar-refractivity contribution in [3.63, 3.8) is 0 Å². The van der Waals surface area contributed by atoms with Crippen LogP contribution in [0.3, 0.4) is 0 Å². The Morgan fingerprint density at radius 2 is 1.94 bits per heavy atom. The van der Waals surface area contributed by atoms with Gasteiger partial charge < -0.3 is 11.5 Å². The van der Waals surface area contributed by atoms with Gasteiger partial charge in [0, 0.05) is 17.6 Å². The molecular formula is C13H17N3S. The first-order chi connectivity index (χ1) is 8.22. The second kappa shape index (κ2) is 4.27. The lowest BCUT2D eigenvalue weighted by Crippen LogP contribution is -2.25.